The first-order chi connectivity index (χ1) is 20.0. The van der Waals surface area contributed by atoms with E-state index in [0.717, 1.165) is 54.6 Å². The van der Waals surface area contributed by atoms with Crippen LogP contribution in [-0.4, -0.2) is 46.1 Å². The zero-order valence-electron chi connectivity index (χ0n) is 24.4. The number of halogens is 2. The van der Waals surface area contributed by atoms with E-state index in [2.05, 4.69) is 48.7 Å². The molecule has 0 radical (unpaired) electrons. The molecule has 2 N–H and O–H groups in total. The van der Waals surface area contributed by atoms with Crippen LogP contribution in [0.1, 0.15) is 59.4 Å². The molecule has 5 rings (SSSR count). The van der Waals surface area contributed by atoms with Crippen molar-refractivity contribution in [2.24, 2.45) is 0 Å². The molecule has 0 saturated carbocycles. The van der Waals surface area contributed by atoms with Crippen LogP contribution in [0.15, 0.2) is 60.7 Å². The van der Waals surface area contributed by atoms with Crippen LogP contribution < -0.4 is 14.9 Å². The van der Waals surface area contributed by atoms with Gasteiger partial charge in [0.25, 0.3) is 0 Å². The maximum atomic E-state index is 13.7. The van der Waals surface area contributed by atoms with E-state index >= 15 is 0 Å². The first-order valence-electron chi connectivity index (χ1n) is 14.5. The average Bonchev–Trinajstić information content (AvgIpc) is 3.22. The Morgan fingerprint density at radius 2 is 1.71 bits per heavy atom. The number of sulfonamides is 1. The van der Waals surface area contributed by atoms with Crippen LogP contribution in [-0.2, 0) is 26.8 Å². The van der Waals surface area contributed by atoms with E-state index in [0.29, 0.717) is 23.0 Å². The SMILES string of the molecule is Cc1cc(C)cc(CN[C@H](C[C@@H](CC=O)c2ccc(Cl)c(Cl)c2)C2N(S(C)(=O)=O)c3ccccc3C23CCNCC3)c1. The molecule has 42 heavy (non-hydrogen) atoms. The summed E-state index contributed by atoms with van der Waals surface area (Å²) < 4.78 is 29.0. The van der Waals surface area contributed by atoms with Crippen molar-refractivity contribution in [1.29, 1.82) is 0 Å². The van der Waals surface area contributed by atoms with E-state index in [9.17, 15) is 13.2 Å². The van der Waals surface area contributed by atoms with E-state index in [4.69, 9.17) is 23.2 Å². The Labute approximate surface area is 259 Å². The van der Waals surface area contributed by atoms with Crippen molar-refractivity contribution < 1.29 is 13.2 Å². The third-order valence-electron chi connectivity index (χ3n) is 8.92. The first kappa shape index (κ1) is 31.0. The second kappa shape index (κ2) is 12.7. The fourth-order valence-electron chi connectivity index (χ4n) is 7.29. The number of aldehydes is 1. The lowest BCUT2D eigenvalue weighted by atomic mass is 9.67. The van der Waals surface area contributed by atoms with E-state index < -0.39 is 10.0 Å². The molecule has 0 bridgehead atoms. The molecule has 3 aromatic rings. The van der Waals surface area contributed by atoms with Gasteiger partial charge in [-0.2, -0.15) is 0 Å². The van der Waals surface area contributed by atoms with Crippen LogP contribution in [0.3, 0.4) is 0 Å². The third kappa shape index (κ3) is 6.27. The topological polar surface area (TPSA) is 78.5 Å². The number of benzene rings is 3. The van der Waals surface area contributed by atoms with E-state index in [1.165, 1.54) is 17.4 Å². The quantitative estimate of drug-likeness (QED) is 0.258. The molecule has 0 aliphatic carbocycles. The van der Waals surface area contributed by atoms with E-state index in [1.54, 1.807) is 10.4 Å². The number of rotatable bonds is 10. The second-order valence-corrected chi connectivity index (χ2v) is 14.6. The van der Waals surface area contributed by atoms with Crippen LogP contribution in [0.2, 0.25) is 10.0 Å². The van der Waals surface area contributed by atoms with Gasteiger partial charge in [-0.1, -0.05) is 76.8 Å². The minimum atomic E-state index is -3.64. The molecular formula is C33H39Cl2N3O3S. The zero-order chi connectivity index (χ0) is 30.1. The summed E-state index contributed by atoms with van der Waals surface area (Å²) >= 11 is 12.7. The summed E-state index contributed by atoms with van der Waals surface area (Å²) in [5, 5.41) is 8.20. The lowest BCUT2D eigenvalue weighted by Gasteiger charge is -2.46. The normalized spacial score (nSPS) is 19.5. The highest BCUT2D eigenvalue weighted by atomic mass is 35.5. The summed E-state index contributed by atoms with van der Waals surface area (Å²) in [5.74, 6) is -0.182. The minimum absolute atomic E-state index is 0.182. The van der Waals surface area contributed by atoms with Gasteiger partial charge in [-0.25, -0.2) is 8.42 Å². The predicted octanol–water partition coefficient (Wildman–Crippen LogP) is 6.30. The standard InChI is InChI=1S/C33H39Cl2N3O3S/c1-22-16-23(2)18-24(17-22)21-37-30(20-26(10-15-39)25-8-9-28(34)29(35)19-25)32-33(11-13-36-14-12-33)27-6-4-5-7-31(27)38(32)42(3,40)41/h4-9,15-19,26,30,32,36-37H,10-14,20-21H2,1-3H3/t26-,30-,32?/m1/s1. The number of nitrogens with zero attached hydrogens (tertiary/aromatic N) is 1. The first-order valence-corrected chi connectivity index (χ1v) is 17.1. The van der Waals surface area contributed by atoms with Crippen LogP contribution in [0.5, 0.6) is 0 Å². The molecule has 2 heterocycles. The van der Waals surface area contributed by atoms with Crippen LogP contribution >= 0.6 is 23.2 Å². The predicted molar refractivity (Wildman–Crippen MR) is 172 cm³/mol. The fraction of sp³-hybridized carbons (Fsp3) is 0.424. The van der Waals surface area contributed by atoms with Crippen LogP contribution in [0, 0.1) is 13.8 Å². The summed E-state index contributed by atoms with van der Waals surface area (Å²) in [5.41, 5.74) is 5.87. The molecule has 9 heteroatoms. The molecule has 1 unspecified atom stereocenters. The van der Waals surface area contributed by atoms with Crippen molar-refractivity contribution >= 4 is 45.2 Å². The van der Waals surface area contributed by atoms with Gasteiger partial charge in [0.2, 0.25) is 10.0 Å². The monoisotopic (exact) mass is 627 g/mol. The summed E-state index contributed by atoms with van der Waals surface area (Å²) in [6.45, 7) is 6.34. The number of hydrogen-bond acceptors (Lipinski definition) is 5. The number of hydrogen-bond donors (Lipinski definition) is 2. The Morgan fingerprint density at radius 3 is 2.36 bits per heavy atom. The Balaban J connectivity index is 1.63. The fourth-order valence-corrected chi connectivity index (χ4v) is 8.88. The summed E-state index contributed by atoms with van der Waals surface area (Å²) in [7, 11) is -3.64. The van der Waals surface area contributed by atoms with Gasteiger partial charge in [-0.15, -0.1) is 0 Å². The van der Waals surface area contributed by atoms with Crippen LogP contribution in [0.4, 0.5) is 5.69 Å². The zero-order valence-corrected chi connectivity index (χ0v) is 26.7. The Kier molecular flexibility index (Phi) is 9.36. The van der Waals surface area contributed by atoms with Gasteiger partial charge < -0.3 is 15.4 Å². The van der Waals surface area contributed by atoms with E-state index in [1.807, 2.05) is 30.3 Å². The molecule has 1 saturated heterocycles. The summed E-state index contributed by atoms with van der Waals surface area (Å²) in [6.07, 6.45) is 4.70. The summed E-state index contributed by atoms with van der Waals surface area (Å²) in [6, 6.07) is 19.3. The lowest BCUT2D eigenvalue weighted by molar-refractivity contribution is -0.108. The van der Waals surface area contributed by atoms with Crippen molar-refractivity contribution in [3.8, 4) is 0 Å². The van der Waals surface area contributed by atoms with Crippen molar-refractivity contribution in [3.63, 3.8) is 0 Å². The number of fused-ring (bicyclic) bond motifs is 2. The van der Waals surface area contributed by atoms with Gasteiger partial charge >= 0.3 is 0 Å². The number of anilines is 1. The minimum Gasteiger partial charge on any atom is -0.317 e. The molecule has 1 spiro atoms. The van der Waals surface area contributed by atoms with Gasteiger partial charge in [0.15, 0.2) is 0 Å². The van der Waals surface area contributed by atoms with Crippen molar-refractivity contribution in [2.45, 2.75) is 69.5 Å². The number of carbonyl (C=O) groups excluding carboxylic acids is 1. The molecule has 1 fully saturated rings. The number of nitrogens with one attached hydrogen (secondary N) is 2. The van der Waals surface area contributed by atoms with Crippen LogP contribution in [0.25, 0.3) is 0 Å². The molecule has 0 aromatic heterocycles. The Bertz CT molecular complexity index is 1540. The van der Waals surface area contributed by atoms with Crippen molar-refractivity contribution in [3.05, 3.63) is 98.5 Å². The number of carbonyl (C=O) groups is 1. The van der Waals surface area contributed by atoms with Gasteiger partial charge in [0, 0.05) is 24.4 Å². The number of para-hydroxylation sites is 1. The van der Waals surface area contributed by atoms with Gasteiger partial charge in [0.1, 0.15) is 6.29 Å². The molecular weight excluding hydrogens is 589 g/mol. The maximum Gasteiger partial charge on any atom is 0.232 e. The second-order valence-electron chi connectivity index (χ2n) is 11.9. The highest BCUT2D eigenvalue weighted by molar-refractivity contribution is 7.92. The smallest absolute Gasteiger partial charge is 0.232 e. The Hall–Kier alpha value is -2.42. The van der Waals surface area contributed by atoms with Gasteiger partial charge in [0.05, 0.1) is 28.0 Å². The molecule has 6 nitrogen and oxygen atoms in total. The largest absolute Gasteiger partial charge is 0.317 e. The average molecular weight is 629 g/mol. The molecule has 3 atom stereocenters. The highest BCUT2D eigenvalue weighted by Gasteiger charge is 2.56. The van der Waals surface area contributed by atoms with E-state index in [-0.39, 0.29) is 29.8 Å². The molecule has 0 amide bonds. The van der Waals surface area contributed by atoms with Gasteiger partial charge in [-0.3, -0.25) is 4.31 Å². The number of piperidine rings is 1. The highest BCUT2D eigenvalue weighted by Crippen LogP contribution is 2.53. The molecule has 2 aliphatic heterocycles. The molecule has 224 valence electrons. The summed E-state index contributed by atoms with van der Waals surface area (Å²) in [4.78, 5) is 12.0. The molecule has 3 aromatic carbocycles. The number of aryl methyl sites for hydroxylation is 2. The Morgan fingerprint density at radius 1 is 1.02 bits per heavy atom. The third-order valence-corrected chi connectivity index (χ3v) is 10.8. The van der Waals surface area contributed by atoms with Crippen molar-refractivity contribution in [2.75, 3.05) is 23.7 Å². The maximum absolute atomic E-state index is 13.7. The molecule has 2 aliphatic rings. The van der Waals surface area contributed by atoms with Gasteiger partial charge in [-0.05, 0) is 87.0 Å². The van der Waals surface area contributed by atoms with Crippen molar-refractivity contribution in [1.82, 2.24) is 10.6 Å². The lowest BCUT2D eigenvalue weighted by Crippen LogP contribution is -2.60.